The number of hydrogen-bond donors (Lipinski definition) is 3. The van der Waals surface area contributed by atoms with Crippen LogP contribution in [0, 0.1) is 11.3 Å². The number of aryl methyl sites for hydroxylation is 1. The summed E-state index contributed by atoms with van der Waals surface area (Å²) in [6.07, 6.45) is 2.74. The van der Waals surface area contributed by atoms with E-state index in [1.807, 2.05) is 6.92 Å². The highest BCUT2D eigenvalue weighted by Crippen LogP contribution is 2.45. The molecule has 0 aliphatic heterocycles. The monoisotopic (exact) mass is 266 g/mol. The number of rotatable bonds is 4. The van der Waals surface area contributed by atoms with Crippen LogP contribution in [0.4, 0.5) is 0 Å². The molecule has 1 amide bonds. The number of oxime groups is 1. The van der Waals surface area contributed by atoms with Crippen molar-refractivity contribution in [1.29, 1.82) is 0 Å². The fourth-order valence-electron chi connectivity index (χ4n) is 2.53. The van der Waals surface area contributed by atoms with Crippen LogP contribution in [0.15, 0.2) is 11.5 Å². The number of carbonyl (C=O) groups excluding carboxylic acids is 1. The fourth-order valence-corrected chi connectivity index (χ4v) is 2.53. The molecule has 8 heteroatoms. The molecule has 0 bridgehead atoms. The van der Waals surface area contributed by atoms with Crippen molar-refractivity contribution in [3.8, 4) is 0 Å². The predicted octanol–water partition coefficient (Wildman–Crippen LogP) is -0.406. The van der Waals surface area contributed by atoms with E-state index >= 15 is 0 Å². The van der Waals surface area contributed by atoms with Gasteiger partial charge in [-0.3, -0.25) is 9.48 Å². The van der Waals surface area contributed by atoms with E-state index in [2.05, 4.69) is 20.6 Å². The van der Waals surface area contributed by atoms with Crippen molar-refractivity contribution in [3.05, 3.63) is 12.2 Å². The Bertz CT molecular complexity index is 503. The van der Waals surface area contributed by atoms with Crippen LogP contribution in [0.25, 0.3) is 0 Å². The molecule has 1 saturated carbocycles. The van der Waals surface area contributed by atoms with E-state index < -0.39 is 5.41 Å². The van der Waals surface area contributed by atoms with Gasteiger partial charge in [-0.1, -0.05) is 12.1 Å². The third kappa shape index (κ3) is 2.38. The van der Waals surface area contributed by atoms with Crippen LogP contribution in [0.3, 0.4) is 0 Å². The molecule has 1 aliphatic carbocycles. The maximum absolute atomic E-state index is 12.2. The van der Waals surface area contributed by atoms with E-state index in [-0.39, 0.29) is 18.3 Å². The minimum absolute atomic E-state index is 0.0305. The quantitative estimate of drug-likeness (QED) is 0.296. The zero-order chi connectivity index (χ0) is 14.0. The Hall–Kier alpha value is -2.12. The molecular weight excluding hydrogens is 248 g/mol. The summed E-state index contributed by atoms with van der Waals surface area (Å²) in [5.74, 6) is 0.641. The van der Waals surface area contributed by atoms with Crippen LogP contribution in [-0.4, -0.2) is 31.7 Å². The van der Waals surface area contributed by atoms with Crippen LogP contribution in [-0.2, 0) is 18.4 Å². The molecule has 0 saturated heterocycles. The van der Waals surface area contributed by atoms with Crippen LogP contribution in [0.2, 0.25) is 0 Å². The van der Waals surface area contributed by atoms with Gasteiger partial charge in [0.15, 0.2) is 11.7 Å². The lowest BCUT2D eigenvalue weighted by molar-refractivity contribution is -0.133. The van der Waals surface area contributed by atoms with Crippen molar-refractivity contribution >= 4 is 11.7 Å². The van der Waals surface area contributed by atoms with Gasteiger partial charge in [-0.2, -0.15) is 5.10 Å². The molecule has 2 rings (SSSR count). The van der Waals surface area contributed by atoms with Gasteiger partial charge >= 0.3 is 0 Å². The first-order chi connectivity index (χ1) is 8.98. The highest BCUT2D eigenvalue weighted by Gasteiger charge is 2.52. The van der Waals surface area contributed by atoms with E-state index in [0.717, 1.165) is 0 Å². The molecule has 8 nitrogen and oxygen atoms in total. The third-order valence-electron chi connectivity index (χ3n) is 3.48. The lowest BCUT2D eigenvalue weighted by Crippen LogP contribution is -2.56. The van der Waals surface area contributed by atoms with E-state index in [1.54, 1.807) is 18.1 Å². The van der Waals surface area contributed by atoms with Crippen molar-refractivity contribution in [3.63, 3.8) is 0 Å². The van der Waals surface area contributed by atoms with Crippen molar-refractivity contribution in [2.75, 3.05) is 0 Å². The topological polar surface area (TPSA) is 118 Å². The molecule has 0 atom stereocenters. The first kappa shape index (κ1) is 13.3. The summed E-state index contributed by atoms with van der Waals surface area (Å²) in [6.45, 7) is 2.25. The number of nitrogens with two attached hydrogens (primary N) is 1. The van der Waals surface area contributed by atoms with Crippen LogP contribution in [0.5, 0.6) is 0 Å². The summed E-state index contributed by atoms with van der Waals surface area (Å²) in [6, 6.07) is 0. The van der Waals surface area contributed by atoms with Gasteiger partial charge in [0.2, 0.25) is 5.91 Å². The average molecular weight is 266 g/mol. The Labute approximate surface area is 110 Å². The van der Waals surface area contributed by atoms with Gasteiger partial charge in [0.1, 0.15) is 11.7 Å². The summed E-state index contributed by atoms with van der Waals surface area (Å²) < 4.78 is 1.56. The fraction of sp³-hybridized carbons (Fsp3) is 0.636. The SMILES string of the molecule is CC1CC(C(=O)NCc2ncn(C)n2)(C(N)=NO)C1. The molecule has 1 aliphatic rings. The summed E-state index contributed by atoms with van der Waals surface area (Å²) in [4.78, 5) is 16.2. The second kappa shape index (κ2) is 4.87. The van der Waals surface area contributed by atoms with Gasteiger partial charge in [-0.25, -0.2) is 4.98 Å². The van der Waals surface area contributed by atoms with Crippen molar-refractivity contribution in [2.45, 2.75) is 26.3 Å². The molecule has 0 unspecified atom stereocenters. The molecule has 1 aromatic heterocycles. The third-order valence-corrected chi connectivity index (χ3v) is 3.48. The molecule has 104 valence electrons. The molecule has 1 fully saturated rings. The molecule has 19 heavy (non-hydrogen) atoms. The number of carbonyl (C=O) groups is 1. The molecule has 0 spiro atoms. The molecule has 4 N–H and O–H groups in total. The average Bonchev–Trinajstić information content (AvgIpc) is 2.76. The number of amides is 1. The zero-order valence-corrected chi connectivity index (χ0v) is 11.0. The van der Waals surface area contributed by atoms with Crippen molar-refractivity contribution in [2.24, 2.45) is 29.3 Å². The van der Waals surface area contributed by atoms with Gasteiger partial charge in [0, 0.05) is 7.05 Å². The maximum Gasteiger partial charge on any atom is 0.234 e. The Morgan fingerprint density at radius 3 is 2.89 bits per heavy atom. The Balaban J connectivity index is 2.01. The molecule has 1 aromatic rings. The standard InChI is InChI=1S/C11H18N6O2/c1-7-3-11(4-7,9(12)16-19)10(18)13-5-8-14-6-17(2)15-8/h6-7,19H,3-5H2,1-2H3,(H2,12,16)(H,13,18). The molecular formula is C11H18N6O2. The minimum Gasteiger partial charge on any atom is -0.409 e. The first-order valence-electron chi connectivity index (χ1n) is 6.09. The first-order valence-corrected chi connectivity index (χ1v) is 6.09. The number of nitrogens with one attached hydrogen (secondary N) is 1. The largest absolute Gasteiger partial charge is 0.409 e. The van der Waals surface area contributed by atoms with Crippen molar-refractivity contribution in [1.82, 2.24) is 20.1 Å². The van der Waals surface area contributed by atoms with Gasteiger partial charge in [0.05, 0.1) is 6.54 Å². The van der Waals surface area contributed by atoms with E-state index in [1.165, 1.54) is 0 Å². The Kier molecular flexibility index (Phi) is 3.41. The lowest BCUT2D eigenvalue weighted by Gasteiger charge is -2.43. The second-order valence-corrected chi connectivity index (χ2v) is 5.10. The summed E-state index contributed by atoms with van der Waals surface area (Å²) in [5.41, 5.74) is 4.77. The van der Waals surface area contributed by atoms with Gasteiger partial charge in [-0.05, 0) is 18.8 Å². The normalized spacial score (nSPS) is 26.8. The van der Waals surface area contributed by atoms with E-state index in [0.29, 0.717) is 24.6 Å². The second-order valence-electron chi connectivity index (χ2n) is 5.10. The van der Waals surface area contributed by atoms with E-state index in [4.69, 9.17) is 10.9 Å². The minimum atomic E-state index is -0.886. The number of nitrogens with zero attached hydrogens (tertiary/aromatic N) is 4. The van der Waals surface area contributed by atoms with Gasteiger partial charge in [0.25, 0.3) is 0 Å². The van der Waals surface area contributed by atoms with Crippen molar-refractivity contribution < 1.29 is 10.0 Å². The Morgan fingerprint density at radius 1 is 1.74 bits per heavy atom. The smallest absolute Gasteiger partial charge is 0.234 e. The molecule has 0 aromatic carbocycles. The van der Waals surface area contributed by atoms with Crippen LogP contribution >= 0.6 is 0 Å². The zero-order valence-electron chi connectivity index (χ0n) is 11.0. The summed E-state index contributed by atoms with van der Waals surface area (Å²) >= 11 is 0. The molecule has 1 heterocycles. The maximum atomic E-state index is 12.2. The highest BCUT2D eigenvalue weighted by atomic mass is 16.4. The molecule has 0 radical (unpaired) electrons. The van der Waals surface area contributed by atoms with Gasteiger partial charge in [-0.15, -0.1) is 0 Å². The van der Waals surface area contributed by atoms with Crippen LogP contribution < -0.4 is 11.1 Å². The highest BCUT2D eigenvalue weighted by molar-refractivity contribution is 6.07. The number of hydrogen-bond acceptors (Lipinski definition) is 5. The summed E-state index contributed by atoms with van der Waals surface area (Å²) in [7, 11) is 1.75. The Morgan fingerprint density at radius 2 is 2.42 bits per heavy atom. The lowest BCUT2D eigenvalue weighted by atomic mass is 9.61. The van der Waals surface area contributed by atoms with E-state index in [9.17, 15) is 4.79 Å². The summed E-state index contributed by atoms with van der Waals surface area (Å²) in [5, 5.41) is 18.6. The number of amidine groups is 1. The number of aromatic nitrogens is 3. The van der Waals surface area contributed by atoms with Gasteiger partial charge < -0.3 is 16.3 Å². The van der Waals surface area contributed by atoms with Crippen LogP contribution in [0.1, 0.15) is 25.6 Å². The predicted molar refractivity (Wildman–Crippen MR) is 67.1 cm³/mol.